The molecule has 154 valence electrons. The van der Waals surface area contributed by atoms with Crippen molar-refractivity contribution in [1.29, 1.82) is 0 Å². The first-order chi connectivity index (χ1) is 13.3. The molecule has 1 aromatic heterocycles. The van der Waals surface area contributed by atoms with Gasteiger partial charge in [0, 0.05) is 37.7 Å². The molecule has 1 aliphatic heterocycles. The Kier molecular flexibility index (Phi) is 6.87. The quantitative estimate of drug-likeness (QED) is 0.579. The summed E-state index contributed by atoms with van der Waals surface area (Å²) in [5.74, 6) is -0.224. The molecule has 0 amide bonds. The maximum Gasteiger partial charge on any atom is 0.324 e. The van der Waals surface area contributed by atoms with Crippen LogP contribution in [0.2, 0.25) is 0 Å². The van der Waals surface area contributed by atoms with Crippen molar-refractivity contribution in [1.82, 2.24) is 15.0 Å². The smallest absolute Gasteiger partial charge is 0.324 e. The van der Waals surface area contributed by atoms with Gasteiger partial charge >= 0.3 is 6.01 Å². The van der Waals surface area contributed by atoms with Crippen molar-refractivity contribution in [2.24, 2.45) is 0 Å². The van der Waals surface area contributed by atoms with E-state index in [1.54, 1.807) is 0 Å². The average Bonchev–Trinajstić information content (AvgIpc) is 3.16. The van der Waals surface area contributed by atoms with Crippen molar-refractivity contribution in [3.05, 3.63) is 34.1 Å². The Morgan fingerprint density at radius 3 is 2.64 bits per heavy atom. The third kappa shape index (κ3) is 5.00. The zero-order chi connectivity index (χ0) is 20.3. The summed E-state index contributed by atoms with van der Waals surface area (Å²) in [7, 11) is 2.02. The number of anilines is 1. The first kappa shape index (κ1) is 21.0. The van der Waals surface area contributed by atoms with Crippen molar-refractivity contribution in [2.45, 2.75) is 38.6 Å². The lowest BCUT2D eigenvalue weighted by molar-refractivity contribution is 0.166. The molecule has 6 nitrogen and oxygen atoms in total. The molecule has 3 rings (SSSR count). The number of ether oxygens (including phenoxy) is 1. The average molecular weight is 459 g/mol. The van der Waals surface area contributed by atoms with Crippen molar-refractivity contribution in [3.8, 4) is 5.75 Å². The van der Waals surface area contributed by atoms with E-state index in [1.807, 2.05) is 20.9 Å². The number of hydrogen-bond donors (Lipinski definition) is 0. The van der Waals surface area contributed by atoms with Crippen molar-refractivity contribution >= 4 is 21.9 Å². The van der Waals surface area contributed by atoms with Crippen LogP contribution in [0.5, 0.6) is 5.75 Å². The molecule has 0 saturated carbocycles. The summed E-state index contributed by atoms with van der Waals surface area (Å²) in [6.45, 7) is 6.65. The molecule has 0 spiro atoms. The topological polar surface area (TPSA) is 54.6 Å². The monoisotopic (exact) mass is 458 g/mol. The summed E-state index contributed by atoms with van der Waals surface area (Å²) in [6.07, 6.45) is 1.91. The zero-order valence-corrected chi connectivity index (χ0v) is 17.9. The minimum absolute atomic E-state index is 0.0683. The molecule has 1 aliphatic rings. The SMILES string of the molecule is CC(C)c1noc(N2CCC(N(C)CCOc3cc(F)c(Br)cc3F)CC2)n1. The van der Waals surface area contributed by atoms with Gasteiger partial charge in [0.05, 0.1) is 4.47 Å². The van der Waals surface area contributed by atoms with E-state index in [2.05, 4.69) is 35.9 Å². The van der Waals surface area contributed by atoms with Gasteiger partial charge in [-0.3, -0.25) is 4.90 Å². The molecule has 1 fully saturated rings. The minimum Gasteiger partial charge on any atom is -0.489 e. The molecule has 0 N–H and O–H groups in total. The van der Waals surface area contributed by atoms with Crippen LogP contribution in [0.3, 0.4) is 0 Å². The number of rotatable bonds is 7. The Labute approximate surface area is 172 Å². The van der Waals surface area contributed by atoms with Crippen LogP contribution in [0.25, 0.3) is 0 Å². The highest BCUT2D eigenvalue weighted by Gasteiger charge is 2.25. The number of likely N-dealkylation sites (N-methyl/N-ethyl adjacent to an activating group) is 1. The molecule has 0 radical (unpaired) electrons. The van der Waals surface area contributed by atoms with Gasteiger partial charge in [-0.2, -0.15) is 4.98 Å². The first-order valence-corrected chi connectivity index (χ1v) is 10.2. The fourth-order valence-electron chi connectivity index (χ4n) is 3.18. The number of aromatic nitrogens is 2. The molecule has 0 unspecified atom stereocenters. The molecule has 0 aliphatic carbocycles. The molecule has 1 aromatic carbocycles. The van der Waals surface area contributed by atoms with Crippen LogP contribution < -0.4 is 9.64 Å². The summed E-state index contributed by atoms with van der Waals surface area (Å²) in [5.41, 5.74) is 0. The van der Waals surface area contributed by atoms with E-state index < -0.39 is 11.6 Å². The Morgan fingerprint density at radius 1 is 1.29 bits per heavy atom. The van der Waals surface area contributed by atoms with Gasteiger partial charge in [-0.1, -0.05) is 19.0 Å². The molecule has 9 heteroatoms. The van der Waals surface area contributed by atoms with E-state index in [-0.39, 0.29) is 22.7 Å². The van der Waals surface area contributed by atoms with Crippen LogP contribution >= 0.6 is 15.9 Å². The van der Waals surface area contributed by atoms with Gasteiger partial charge in [0.2, 0.25) is 0 Å². The Balaban J connectivity index is 1.45. The summed E-state index contributed by atoms with van der Waals surface area (Å²) in [6, 6.07) is 3.11. The Bertz CT molecular complexity index is 794. The predicted octanol–water partition coefficient (Wildman–Crippen LogP) is 4.21. The van der Waals surface area contributed by atoms with Gasteiger partial charge < -0.3 is 14.2 Å². The van der Waals surface area contributed by atoms with Crippen LogP contribution in [-0.4, -0.2) is 54.4 Å². The largest absolute Gasteiger partial charge is 0.489 e. The van der Waals surface area contributed by atoms with E-state index in [9.17, 15) is 8.78 Å². The highest BCUT2D eigenvalue weighted by Crippen LogP contribution is 2.25. The summed E-state index contributed by atoms with van der Waals surface area (Å²) in [5, 5.41) is 4.02. The fourth-order valence-corrected chi connectivity index (χ4v) is 3.50. The van der Waals surface area contributed by atoms with E-state index >= 15 is 0 Å². The van der Waals surface area contributed by atoms with Gasteiger partial charge in [-0.05, 0) is 41.9 Å². The fraction of sp³-hybridized carbons (Fsp3) is 0.579. The molecule has 2 heterocycles. The van der Waals surface area contributed by atoms with Gasteiger partial charge in [-0.15, -0.1) is 0 Å². The second-order valence-electron chi connectivity index (χ2n) is 7.33. The maximum atomic E-state index is 13.8. The molecule has 28 heavy (non-hydrogen) atoms. The lowest BCUT2D eigenvalue weighted by atomic mass is 10.0. The van der Waals surface area contributed by atoms with E-state index in [0.717, 1.165) is 43.9 Å². The maximum absolute atomic E-state index is 13.8. The van der Waals surface area contributed by atoms with Crippen LogP contribution in [0.15, 0.2) is 21.1 Å². The number of halogens is 3. The molecule has 1 saturated heterocycles. The summed E-state index contributed by atoms with van der Waals surface area (Å²) < 4.78 is 38.2. The summed E-state index contributed by atoms with van der Waals surface area (Å²) in [4.78, 5) is 8.76. The van der Waals surface area contributed by atoms with Crippen LogP contribution in [0, 0.1) is 11.6 Å². The number of hydrogen-bond acceptors (Lipinski definition) is 6. The van der Waals surface area contributed by atoms with Gasteiger partial charge in [0.1, 0.15) is 12.4 Å². The second kappa shape index (κ2) is 9.17. The second-order valence-corrected chi connectivity index (χ2v) is 8.19. The van der Waals surface area contributed by atoms with Gasteiger partial charge in [0.25, 0.3) is 0 Å². The Morgan fingerprint density at radius 2 is 2.00 bits per heavy atom. The third-order valence-corrected chi connectivity index (χ3v) is 5.59. The predicted molar refractivity (Wildman–Crippen MR) is 106 cm³/mol. The van der Waals surface area contributed by atoms with Crippen molar-refractivity contribution < 1.29 is 18.0 Å². The minimum atomic E-state index is -0.579. The highest BCUT2D eigenvalue weighted by atomic mass is 79.9. The lowest BCUT2D eigenvalue weighted by Gasteiger charge is -2.35. The lowest BCUT2D eigenvalue weighted by Crippen LogP contribution is -2.44. The van der Waals surface area contributed by atoms with E-state index in [0.29, 0.717) is 18.6 Å². The number of piperidine rings is 1. The van der Waals surface area contributed by atoms with Crippen LogP contribution in [0.1, 0.15) is 38.4 Å². The zero-order valence-electron chi connectivity index (χ0n) is 16.3. The van der Waals surface area contributed by atoms with Crippen molar-refractivity contribution in [2.75, 3.05) is 38.2 Å². The van der Waals surface area contributed by atoms with E-state index in [1.165, 1.54) is 0 Å². The number of benzene rings is 1. The van der Waals surface area contributed by atoms with E-state index in [4.69, 9.17) is 9.26 Å². The molecular weight excluding hydrogens is 434 g/mol. The number of nitrogens with zero attached hydrogens (tertiary/aromatic N) is 4. The molecule has 0 bridgehead atoms. The highest BCUT2D eigenvalue weighted by molar-refractivity contribution is 9.10. The van der Waals surface area contributed by atoms with Gasteiger partial charge in [0.15, 0.2) is 17.4 Å². The molecule has 0 atom stereocenters. The Hall–Kier alpha value is -1.74. The third-order valence-electron chi connectivity index (χ3n) is 4.98. The van der Waals surface area contributed by atoms with Crippen LogP contribution in [-0.2, 0) is 0 Å². The van der Waals surface area contributed by atoms with Crippen LogP contribution in [0.4, 0.5) is 14.8 Å². The standard InChI is InChI=1S/C19H25BrF2N4O2/c1-12(2)18-23-19(28-24-18)26-6-4-13(5-7-26)25(3)8-9-27-17-11-15(21)14(20)10-16(17)22/h10-13H,4-9H2,1-3H3. The normalized spacial score (nSPS) is 15.6. The van der Waals surface area contributed by atoms with Gasteiger partial charge in [-0.25, -0.2) is 8.78 Å². The molecular formula is C19H25BrF2N4O2. The van der Waals surface area contributed by atoms with Crippen molar-refractivity contribution in [3.63, 3.8) is 0 Å². The first-order valence-electron chi connectivity index (χ1n) is 9.41. The molecule has 2 aromatic rings. The summed E-state index contributed by atoms with van der Waals surface area (Å²) >= 11 is 2.96.